The summed E-state index contributed by atoms with van der Waals surface area (Å²) in [5.41, 5.74) is 2.17. The zero-order valence-electron chi connectivity index (χ0n) is 22.1. The van der Waals surface area contributed by atoms with Gasteiger partial charge in [-0.3, -0.25) is 4.90 Å². The summed E-state index contributed by atoms with van der Waals surface area (Å²) in [5, 5.41) is 14.6. The van der Waals surface area contributed by atoms with Gasteiger partial charge in [-0.2, -0.15) is 13.2 Å². The van der Waals surface area contributed by atoms with Gasteiger partial charge in [0.25, 0.3) is 0 Å². The van der Waals surface area contributed by atoms with Crippen LogP contribution in [-0.4, -0.2) is 67.6 Å². The number of benzene rings is 3. The van der Waals surface area contributed by atoms with Gasteiger partial charge < -0.3 is 19.9 Å². The smallest absolute Gasteiger partial charge is 0.378 e. The van der Waals surface area contributed by atoms with Crippen LogP contribution in [0.1, 0.15) is 11.1 Å². The molecule has 4 aromatic rings. The Morgan fingerprint density at radius 2 is 1.48 bits per heavy atom. The molecule has 0 unspecified atom stereocenters. The van der Waals surface area contributed by atoms with Crippen LogP contribution in [-0.2, 0) is 17.5 Å². The number of alkyl halides is 3. The lowest BCUT2D eigenvalue weighted by Crippen LogP contribution is -2.46. The van der Waals surface area contributed by atoms with E-state index in [0.29, 0.717) is 31.0 Å². The lowest BCUT2D eigenvalue weighted by Gasteiger charge is -2.35. The maximum absolute atomic E-state index is 13.1. The van der Waals surface area contributed by atoms with E-state index in [2.05, 4.69) is 60.5 Å². The molecule has 0 spiro atoms. The summed E-state index contributed by atoms with van der Waals surface area (Å²) >= 11 is 0. The summed E-state index contributed by atoms with van der Waals surface area (Å²) in [4.78, 5) is 6.70. The van der Waals surface area contributed by atoms with E-state index >= 15 is 0 Å². The van der Waals surface area contributed by atoms with Gasteiger partial charge in [-0.15, -0.1) is 10.2 Å². The Labute approximate surface area is 231 Å². The predicted octanol–water partition coefficient (Wildman–Crippen LogP) is 5.55. The van der Waals surface area contributed by atoms with Crippen molar-refractivity contribution in [3.8, 4) is 0 Å². The predicted molar refractivity (Wildman–Crippen MR) is 151 cm³/mol. The molecule has 6 rings (SSSR count). The van der Waals surface area contributed by atoms with Gasteiger partial charge >= 0.3 is 6.18 Å². The highest BCUT2D eigenvalue weighted by molar-refractivity contribution is 5.99. The number of piperazine rings is 1. The van der Waals surface area contributed by atoms with Gasteiger partial charge in [-0.25, -0.2) is 0 Å². The Bertz CT molecular complexity index is 1450. The van der Waals surface area contributed by atoms with Crippen molar-refractivity contribution < 1.29 is 17.9 Å². The van der Waals surface area contributed by atoms with Crippen molar-refractivity contribution in [3.63, 3.8) is 0 Å². The highest BCUT2D eigenvalue weighted by Crippen LogP contribution is 2.32. The standard InChI is InChI=1S/C30H31F3N6O/c31-30(32,33)23-5-3-4-22(20-23)21-37-12-14-39(15-13-37)29-27-7-2-1-6-26(27)28(35-36-29)34-24-8-10-25(11-9-24)38-16-18-40-19-17-38/h1-11,20H,12-19,21H2,(H,34,35). The molecule has 1 N–H and O–H groups in total. The quantitative estimate of drug-likeness (QED) is 0.339. The Hall–Kier alpha value is -3.89. The first kappa shape index (κ1) is 26.3. The topological polar surface area (TPSA) is 56.8 Å². The lowest BCUT2D eigenvalue weighted by atomic mass is 10.1. The van der Waals surface area contributed by atoms with E-state index in [0.717, 1.165) is 67.7 Å². The second kappa shape index (κ2) is 11.3. The molecule has 0 atom stereocenters. The monoisotopic (exact) mass is 548 g/mol. The number of anilines is 4. The molecular weight excluding hydrogens is 517 g/mol. The third-order valence-electron chi connectivity index (χ3n) is 7.51. The Morgan fingerprint density at radius 1 is 0.750 bits per heavy atom. The van der Waals surface area contributed by atoms with Gasteiger partial charge in [0.2, 0.25) is 0 Å². The Morgan fingerprint density at radius 3 is 2.20 bits per heavy atom. The van der Waals surface area contributed by atoms with Crippen LogP contribution in [0.4, 0.5) is 36.2 Å². The summed E-state index contributed by atoms with van der Waals surface area (Å²) < 4.78 is 44.8. The fourth-order valence-electron chi connectivity index (χ4n) is 5.35. The summed E-state index contributed by atoms with van der Waals surface area (Å²) in [6, 6.07) is 22.0. The van der Waals surface area contributed by atoms with Crippen molar-refractivity contribution in [1.82, 2.24) is 15.1 Å². The second-order valence-electron chi connectivity index (χ2n) is 10.2. The molecule has 2 aliphatic rings. The van der Waals surface area contributed by atoms with Crippen molar-refractivity contribution in [3.05, 3.63) is 83.9 Å². The van der Waals surface area contributed by atoms with Gasteiger partial charge in [0.15, 0.2) is 11.6 Å². The number of morpholine rings is 1. The molecule has 0 bridgehead atoms. The first-order valence-corrected chi connectivity index (χ1v) is 13.5. The summed E-state index contributed by atoms with van der Waals surface area (Å²) in [6.45, 7) is 6.65. The van der Waals surface area contributed by atoms with Gasteiger partial charge in [-0.05, 0) is 35.9 Å². The maximum atomic E-state index is 13.1. The fourth-order valence-corrected chi connectivity index (χ4v) is 5.35. The van der Waals surface area contributed by atoms with Gasteiger partial charge in [-0.1, -0.05) is 42.5 Å². The average Bonchev–Trinajstić information content (AvgIpc) is 2.98. The number of hydrogen-bond acceptors (Lipinski definition) is 7. The molecule has 2 saturated heterocycles. The van der Waals surface area contributed by atoms with Gasteiger partial charge in [0, 0.05) is 68.0 Å². The van der Waals surface area contributed by atoms with E-state index < -0.39 is 11.7 Å². The van der Waals surface area contributed by atoms with Crippen LogP contribution in [0.3, 0.4) is 0 Å². The number of aromatic nitrogens is 2. The number of hydrogen-bond donors (Lipinski definition) is 1. The maximum Gasteiger partial charge on any atom is 0.416 e. The first-order valence-electron chi connectivity index (χ1n) is 13.5. The van der Waals surface area contributed by atoms with Gasteiger partial charge in [0.05, 0.1) is 18.8 Å². The van der Waals surface area contributed by atoms with Gasteiger partial charge in [0.1, 0.15) is 0 Å². The number of halogens is 3. The number of fused-ring (bicyclic) bond motifs is 1. The normalized spacial score (nSPS) is 16.9. The zero-order valence-corrected chi connectivity index (χ0v) is 22.1. The third kappa shape index (κ3) is 5.83. The third-order valence-corrected chi connectivity index (χ3v) is 7.51. The van der Waals surface area contributed by atoms with Crippen molar-refractivity contribution in [1.29, 1.82) is 0 Å². The minimum absolute atomic E-state index is 0.484. The van der Waals surface area contributed by atoms with E-state index in [1.54, 1.807) is 6.07 Å². The first-order chi connectivity index (χ1) is 19.4. The molecule has 208 valence electrons. The van der Waals surface area contributed by atoms with Crippen molar-refractivity contribution >= 4 is 33.8 Å². The molecule has 40 heavy (non-hydrogen) atoms. The molecule has 2 aliphatic heterocycles. The van der Waals surface area contributed by atoms with E-state index in [1.807, 2.05) is 18.2 Å². The van der Waals surface area contributed by atoms with E-state index in [1.165, 1.54) is 17.8 Å². The van der Waals surface area contributed by atoms with Crippen molar-refractivity contribution in [2.24, 2.45) is 0 Å². The zero-order chi connectivity index (χ0) is 27.5. The highest BCUT2D eigenvalue weighted by atomic mass is 19.4. The number of nitrogens with zero attached hydrogens (tertiary/aromatic N) is 5. The lowest BCUT2D eigenvalue weighted by molar-refractivity contribution is -0.137. The molecular formula is C30H31F3N6O. The molecule has 7 nitrogen and oxygen atoms in total. The summed E-state index contributed by atoms with van der Waals surface area (Å²) in [7, 11) is 0. The molecule has 0 radical (unpaired) electrons. The van der Waals surface area contributed by atoms with E-state index in [4.69, 9.17) is 4.74 Å². The van der Waals surface area contributed by atoms with Crippen LogP contribution < -0.4 is 15.1 Å². The molecule has 10 heteroatoms. The highest BCUT2D eigenvalue weighted by Gasteiger charge is 2.30. The van der Waals surface area contributed by atoms with Crippen LogP contribution in [0.25, 0.3) is 10.8 Å². The minimum atomic E-state index is -4.33. The molecule has 0 aliphatic carbocycles. The van der Waals surface area contributed by atoms with Crippen molar-refractivity contribution in [2.75, 3.05) is 67.6 Å². The number of nitrogens with one attached hydrogen (secondary N) is 1. The molecule has 3 heterocycles. The molecule has 0 amide bonds. The SMILES string of the molecule is FC(F)(F)c1cccc(CN2CCN(c3nnc(Nc4ccc(N5CCOCC5)cc4)c4ccccc34)CC2)c1. The second-order valence-corrected chi connectivity index (χ2v) is 10.2. The minimum Gasteiger partial charge on any atom is -0.378 e. The fraction of sp³-hybridized carbons (Fsp3) is 0.333. The van der Waals surface area contributed by atoms with Crippen LogP contribution in [0.15, 0.2) is 72.8 Å². The Balaban J connectivity index is 1.13. The molecule has 0 saturated carbocycles. The molecule has 3 aromatic carbocycles. The number of ether oxygens (including phenoxy) is 1. The largest absolute Gasteiger partial charge is 0.416 e. The number of rotatable bonds is 6. The van der Waals surface area contributed by atoms with Crippen LogP contribution in [0.2, 0.25) is 0 Å². The summed E-state index contributed by atoms with van der Waals surface area (Å²) in [5.74, 6) is 1.52. The summed E-state index contributed by atoms with van der Waals surface area (Å²) in [6.07, 6.45) is -4.33. The van der Waals surface area contributed by atoms with Crippen molar-refractivity contribution in [2.45, 2.75) is 12.7 Å². The average molecular weight is 549 g/mol. The Kier molecular flexibility index (Phi) is 7.44. The van der Waals surface area contributed by atoms with E-state index in [-0.39, 0.29) is 0 Å². The van der Waals surface area contributed by atoms with E-state index in [9.17, 15) is 13.2 Å². The van der Waals surface area contributed by atoms with Crippen LogP contribution >= 0.6 is 0 Å². The molecule has 1 aromatic heterocycles. The molecule has 2 fully saturated rings. The van der Waals surface area contributed by atoms with Crippen LogP contribution in [0, 0.1) is 0 Å². The van der Waals surface area contributed by atoms with Crippen LogP contribution in [0.5, 0.6) is 0 Å².